The maximum atomic E-state index is 12.6. The largest absolute Gasteiger partial charge is 0.345 e. The summed E-state index contributed by atoms with van der Waals surface area (Å²) in [7, 11) is -3.16. The van der Waals surface area contributed by atoms with Crippen molar-refractivity contribution in [2.75, 3.05) is 24.6 Å². The number of hydrogen-bond acceptors (Lipinski definition) is 6. The van der Waals surface area contributed by atoms with E-state index in [1.54, 1.807) is 0 Å². The molecule has 2 atom stereocenters. The summed E-state index contributed by atoms with van der Waals surface area (Å²) in [4.78, 5) is 16.2. The van der Waals surface area contributed by atoms with Crippen LogP contribution in [0.3, 0.4) is 0 Å². The summed E-state index contributed by atoms with van der Waals surface area (Å²) in [5.74, 6) is -0.303. The van der Waals surface area contributed by atoms with Crippen molar-refractivity contribution in [3.05, 3.63) is 42.2 Å². The third-order valence-corrected chi connectivity index (χ3v) is 6.93. The number of benzene rings is 1. The van der Waals surface area contributed by atoms with E-state index in [2.05, 4.69) is 20.4 Å². The highest BCUT2D eigenvalue weighted by molar-refractivity contribution is 7.91. The summed E-state index contributed by atoms with van der Waals surface area (Å²) >= 11 is 0. The van der Waals surface area contributed by atoms with E-state index in [9.17, 15) is 13.2 Å². The number of para-hydroxylation sites is 1. The second-order valence-electron chi connectivity index (χ2n) is 7.18. The summed E-state index contributed by atoms with van der Waals surface area (Å²) in [6, 6.07) is 8.73. The van der Waals surface area contributed by atoms with Crippen LogP contribution >= 0.6 is 0 Å². The molecule has 2 aliphatic heterocycles. The zero-order chi connectivity index (χ0) is 18.9. The van der Waals surface area contributed by atoms with Gasteiger partial charge in [0, 0.05) is 6.04 Å². The van der Waals surface area contributed by atoms with E-state index in [4.69, 9.17) is 0 Å². The molecule has 2 aliphatic rings. The average molecular weight is 389 g/mol. The fraction of sp³-hybridized carbons (Fsp3) is 0.500. The van der Waals surface area contributed by atoms with E-state index < -0.39 is 15.9 Å². The van der Waals surface area contributed by atoms with Crippen LogP contribution in [0.1, 0.15) is 29.8 Å². The Morgan fingerprint density at radius 2 is 1.81 bits per heavy atom. The van der Waals surface area contributed by atoms with Gasteiger partial charge in [0.1, 0.15) is 0 Å². The number of likely N-dealkylation sites (tertiary alicyclic amines) is 1. The van der Waals surface area contributed by atoms with Crippen molar-refractivity contribution >= 4 is 15.7 Å². The molecule has 0 radical (unpaired) electrons. The lowest BCUT2D eigenvalue weighted by molar-refractivity contribution is 0.0894. The molecule has 0 spiro atoms. The molecule has 9 heteroatoms. The van der Waals surface area contributed by atoms with E-state index >= 15 is 0 Å². The Morgan fingerprint density at radius 3 is 2.56 bits per heavy atom. The first-order chi connectivity index (χ1) is 13.0. The SMILES string of the molecule is O=C(N[C@@H]1CS(=O)(=O)C[C@H]1N1CCCCC1)c1cnn(-c2ccccc2)n1. The Hall–Kier alpha value is -2.26. The fourth-order valence-corrected chi connectivity index (χ4v) is 5.82. The van der Waals surface area contributed by atoms with Crippen LogP contribution < -0.4 is 5.32 Å². The highest BCUT2D eigenvalue weighted by Gasteiger charge is 2.42. The lowest BCUT2D eigenvalue weighted by Gasteiger charge is -2.34. The third kappa shape index (κ3) is 4.03. The van der Waals surface area contributed by atoms with Gasteiger partial charge >= 0.3 is 0 Å². The Labute approximate surface area is 158 Å². The Balaban J connectivity index is 1.48. The second kappa shape index (κ2) is 7.40. The number of hydrogen-bond donors (Lipinski definition) is 1. The van der Waals surface area contributed by atoms with Crippen molar-refractivity contribution in [2.24, 2.45) is 0 Å². The maximum absolute atomic E-state index is 12.6. The van der Waals surface area contributed by atoms with E-state index in [1.165, 1.54) is 17.4 Å². The summed E-state index contributed by atoms with van der Waals surface area (Å²) in [6.45, 7) is 1.77. The lowest BCUT2D eigenvalue weighted by Crippen LogP contribution is -2.52. The molecular weight excluding hydrogens is 366 g/mol. The van der Waals surface area contributed by atoms with Crippen molar-refractivity contribution in [1.82, 2.24) is 25.2 Å². The highest BCUT2D eigenvalue weighted by Crippen LogP contribution is 2.22. The minimum atomic E-state index is -3.16. The molecule has 2 aromatic rings. The van der Waals surface area contributed by atoms with Gasteiger partial charge in [-0.25, -0.2) is 8.42 Å². The van der Waals surface area contributed by atoms with Gasteiger partial charge in [0.05, 0.1) is 29.4 Å². The van der Waals surface area contributed by atoms with Gasteiger partial charge in [-0.3, -0.25) is 9.69 Å². The van der Waals surface area contributed by atoms with Crippen LogP contribution in [-0.2, 0) is 9.84 Å². The molecule has 1 aromatic heterocycles. The van der Waals surface area contributed by atoms with Gasteiger partial charge in [0.15, 0.2) is 15.5 Å². The Bertz CT molecular complexity index is 906. The molecule has 27 heavy (non-hydrogen) atoms. The highest BCUT2D eigenvalue weighted by atomic mass is 32.2. The number of carbonyl (C=O) groups is 1. The van der Waals surface area contributed by atoms with Crippen LogP contribution in [0.2, 0.25) is 0 Å². The van der Waals surface area contributed by atoms with Gasteiger partial charge in [-0.15, -0.1) is 5.10 Å². The number of aromatic nitrogens is 3. The molecule has 0 aliphatic carbocycles. The van der Waals surface area contributed by atoms with E-state index in [1.807, 2.05) is 30.3 Å². The van der Waals surface area contributed by atoms with Crippen LogP contribution in [-0.4, -0.2) is 70.9 Å². The topological polar surface area (TPSA) is 97.2 Å². The predicted molar refractivity (Wildman–Crippen MR) is 100 cm³/mol. The monoisotopic (exact) mass is 389 g/mol. The van der Waals surface area contributed by atoms with E-state index in [-0.39, 0.29) is 29.1 Å². The second-order valence-corrected chi connectivity index (χ2v) is 9.33. The molecule has 0 unspecified atom stereocenters. The first kappa shape index (κ1) is 18.1. The number of sulfone groups is 1. The Morgan fingerprint density at radius 1 is 1.07 bits per heavy atom. The molecule has 1 aromatic carbocycles. The third-order valence-electron chi connectivity index (χ3n) is 5.21. The number of piperidine rings is 1. The van der Waals surface area contributed by atoms with Crippen molar-refractivity contribution < 1.29 is 13.2 Å². The standard InChI is InChI=1S/C18H23N5O3S/c24-18(15-11-19-23(21-15)14-7-3-1-4-8-14)20-16-12-27(25,26)13-17(16)22-9-5-2-6-10-22/h1,3-4,7-8,11,16-17H,2,5-6,9-10,12-13H2,(H,20,24)/t16-,17-/m1/s1. The predicted octanol–water partition coefficient (Wildman–Crippen LogP) is 0.649. The lowest BCUT2D eigenvalue weighted by atomic mass is 10.0. The van der Waals surface area contributed by atoms with Crippen LogP contribution in [0.4, 0.5) is 0 Å². The first-order valence-corrected chi connectivity index (χ1v) is 11.1. The van der Waals surface area contributed by atoms with E-state index in [0.717, 1.165) is 31.6 Å². The van der Waals surface area contributed by atoms with Gasteiger partial charge in [0.2, 0.25) is 0 Å². The quantitative estimate of drug-likeness (QED) is 0.825. The van der Waals surface area contributed by atoms with Gasteiger partial charge in [0.25, 0.3) is 5.91 Å². The smallest absolute Gasteiger partial charge is 0.273 e. The van der Waals surface area contributed by atoms with Crippen LogP contribution in [0.15, 0.2) is 36.5 Å². The molecule has 0 saturated carbocycles. The van der Waals surface area contributed by atoms with Gasteiger partial charge < -0.3 is 5.32 Å². The van der Waals surface area contributed by atoms with Gasteiger partial charge in [-0.05, 0) is 38.1 Å². The minimum Gasteiger partial charge on any atom is -0.345 e. The summed E-state index contributed by atoms with van der Waals surface area (Å²) < 4.78 is 24.4. The number of carbonyl (C=O) groups excluding carboxylic acids is 1. The van der Waals surface area contributed by atoms with E-state index in [0.29, 0.717) is 0 Å². The minimum absolute atomic E-state index is 0.0211. The summed E-state index contributed by atoms with van der Waals surface area (Å²) in [5.41, 5.74) is 0.937. The van der Waals surface area contributed by atoms with Crippen molar-refractivity contribution in [3.63, 3.8) is 0 Å². The number of rotatable bonds is 4. The molecule has 1 amide bonds. The Kier molecular flexibility index (Phi) is 4.96. The van der Waals surface area contributed by atoms with Gasteiger partial charge in [-0.2, -0.15) is 9.90 Å². The van der Waals surface area contributed by atoms with Crippen molar-refractivity contribution in [1.29, 1.82) is 0 Å². The van der Waals surface area contributed by atoms with Gasteiger partial charge in [-0.1, -0.05) is 24.6 Å². The first-order valence-electron chi connectivity index (χ1n) is 9.25. The fourth-order valence-electron chi connectivity index (χ4n) is 3.87. The summed E-state index contributed by atoms with van der Waals surface area (Å²) in [5, 5.41) is 11.2. The molecule has 2 saturated heterocycles. The summed E-state index contributed by atoms with van der Waals surface area (Å²) in [6.07, 6.45) is 4.72. The number of nitrogens with one attached hydrogen (secondary N) is 1. The molecule has 4 rings (SSSR count). The van der Waals surface area contributed by atoms with Crippen molar-refractivity contribution in [2.45, 2.75) is 31.3 Å². The van der Waals surface area contributed by atoms with Crippen LogP contribution in [0.25, 0.3) is 5.69 Å². The van der Waals surface area contributed by atoms with Crippen molar-refractivity contribution in [3.8, 4) is 5.69 Å². The molecular formula is C18H23N5O3S. The average Bonchev–Trinajstić information content (AvgIpc) is 3.28. The zero-order valence-electron chi connectivity index (χ0n) is 15.0. The molecule has 0 bridgehead atoms. The number of amides is 1. The molecule has 8 nitrogen and oxygen atoms in total. The molecule has 3 heterocycles. The van der Waals surface area contributed by atoms with Crippen LogP contribution in [0, 0.1) is 0 Å². The molecule has 1 N–H and O–H groups in total. The number of nitrogens with zero attached hydrogens (tertiary/aromatic N) is 4. The molecule has 2 fully saturated rings. The molecule has 144 valence electrons. The van der Waals surface area contributed by atoms with Crippen LogP contribution in [0.5, 0.6) is 0 Å². The zero-order valence-corrected chi connectivity index (χ0v) is 15.8. The normalized spacial score (nSPS) is 25.3. The maximum Gasteiger partial charge on any atom is 0.273 e.